The van der Waals surface area contributed by atoms with Gasteiger partial charge in [-0.25, -0.2) is 4.79 Å². The van der Waals surface area contributed by atoms with Crippen molar-refractivity contribution in [2.24, 2.45) is 0 Å². The van der Waals surface area contributed by atoms with Gasteiger partial charge in [0, 0.05) is 16.8 Å². The largest absolute Gasteiger partial charge is 0.508 e. The number of benzene rings is 2. The number of carboxylic acids is 1. The first-order valence-electron chi connectivity index (χ1n) is 4.41. The number of hydrogen-bond acceptors (Lipinski definition) is 4. The summed E-state index contributed by atoms with van der Waals surface area (Å²) in [7, 11) is 0. The zero-order chi connectivity index (χ0) is 11.9. The lowest BCUT2D eigenvalue weighted by molar-refractivity contribution is 0.0696. The summed E-state index contributed by atoms with van der Waals surface area (Å²) in [5.41, 5.74) is -0.344. The molecule has 0 aliphatic carbocycles. The van der Waals surface area contributed by atoms with Crippen molar-refractivity contribution in [1.82, 2.24) is 0 Å². The van der Waals surface area contributed by atoms with E-state index in [0.29, 0.717) is 0 Å². The highest BCUT2D eigenvalue weighted by Crippen LogP contribution is 2.36. The third-order valence-electron chi connectivity index (χ3n) is 2.29. The van der Waals surface area contributed by atoms with Crippen LogP contribution < -0.4 is 0 Å². The maximum absolute atomic E-state index is 10.9. The molecule has 0 spiro atoms. The smallest absolute Gasteiger partial charge is 0.340 e. The first-order valence-corrected chi connectivity index (χ1v) is 4.41. The number of hydrogen-bond donors (Lipinski definition) is 4. The summed E-state index contributed by atoms with van der Waals surface area (Å²) in [6, 6.07) is 4.84. The molecular formula is C11H8O5. The van der Waals surface area contributed by atoms with Crippen molar-refractivity contribution < 1.29 is 25.2 Å². The van der Waals surface area contributed by atoms with Crippen molar-refractivity contribution in [1.29, 1.82) is 0 Å². The quantitative estimate of drug-likeness (QED) is 0.585. The van der Waals surface area contributed by atoms with E-state index in [-0.39, 0.29) is 27.8 Å². The van der Waals surface area contributed by atoms with Crippen LogP contribution in [0.4, 0.5) is 0 Å². The monoisotopic (exact) mass is 220 g/mol. The van der Waals surface area contributed by atoms with Gasteiger partial charge in [-0.15, -0.1) is 0 Å². The molecule has 0 aliphatic rings. The molecule has 0 saturated carbocycles. The average Bonchev–Trinajstić information content (AvgIpc) is 2.15. The third kappa shape index (κ3) is 1.38. The summed E-state index contributed by atoms with van der Waals surface area (Å²) in [5.74, 6) is -2.24. The van der Waals surface area contributed by atoms with E-state index in [4.69, 9.17) is 5.11 Å². The standard InChI is InChI=1S/C11H8O5/c12-5-1-2-6-7(3-5)10(11(15)16)9(14)4-8(6)13/h1-4,12-14H,(H,15,16). The van der Waals surface area contributed by atoms with E-state index >= 15 is 0 Å². The fourth-order valence-corrected chi connectivity index (χ4v) is 1.60. The molecule has 0 aromatic heterocycles. The second kappa shape index (κ2) is 3.30. The summed E-state index contributed by atoms with van der Waals surface area (Å²) < 4.78 is 0. The number of rotatable bonds is 1. The van der Waals surface area contributed by atoms with E-state index in [1.165, 1.54) is 18.2 Å². The first-order chi connectivity index (χ1) is 7.50. The molecule has 0 heterocycles. The van der Waals surface area contributed by atoms with Gasteiger partial charge < -0.3 is 20.4 Å². The van der Waals surface area contributed by atoms with Crippen molar-refractivity contribution in [3.05, 3.63) is 29.8 Å². The Morgan fingerprint density at radius 1 is 0.938 bits per heavy atom. The molecule has 0 amide bonds. The van der Waals surface area contributed by atoms with E-state index in [9.17, 15) is 20.1 Å². The predicted molar refractivity (Wildman–Crippen MR) is 55.9 cm³/mol. The normalized spacial score (nSPS) is 10.5. The van der Waals surface area contributed by atoms with Crippen LogP contribution in [0, 0.1) is 0 Å². The summed E-state index contributed by atoms with van der Waals surface area (Å²) in [4.78, 5) is 10.9. The van der Waals surface area contributed by atoms with Crippen molar-refractivity contribution in [2.75, 3.05) is 0 Å². The average molecular weight is 220 g/mol. The molecule has 0 aliphatic heterocycles. The van der Waals surface area contributed by atoms with Crippen LogP contribution in [0.5, 0.6) is 17.2 Å². The van der Waals surface area contributed by atoms with Gasteiger partial charge in [0.25, 0.3) is 0 Å². The van der Waals surface area contributed by atoms with Gasteiger partial charge in [0.2, 0.25) is 0 Å². The summed E-state index contributed by atoms with van der Waals surface area (Å²) in [6.45, 7) is 0. The van der Waals surface area contributed by atoms with Crippen LogP contribution in [0.3, 0.4) is 0 Å². The van der Waals surface area contributed by atoms with Crippen molar-refractivity contribution >= 4 is 16.7 Å². The predicted octanol–water partition coefficient (Wildman–Crippen LogP) is 1.65. The Labute approximate surface area is 89.8 Å². The fourth-order valence-electron chi connectivity index (χ4n) is 1.60. The number of carboxylic acid groups (broad SMARTS) is 1. The number of aromatic carboxylic acids is 1. The number of aromatic hydroxyl groups is 3. The summed E-state index contributed by atoms with van der Waals surface area (Å²) >= 11 is 0. The Balaban J connectivity index is 2.97. The Morgan fingerprint density at radius 3 is 2.25 bits per heavy atom. The minimum atomic E-state index is -1.33. The van der Waals surface area contributed by atoms with E-state index < -0.39 is 11.7 Å². The molecule has 0 radical (unpaired) electrons. The molecule has 0 atom stereocenters. The van der Waals surface area contributed by atoms with Gasteiger partial charge in [-0.1, -0.05) is 0 Å². The number of carbonyl (C=O) groups is 1. The zero-order valence-corrected chi connectivity index (χ0v) is 8.01. The minimum Gasteiger partial charge on any atom is -0.508 e. The van der Waals surface area contributed by atoms with E-state index in [2.05, 4.69) is 0 Å². The summed E-state index contributed by atoms with van der Waals surface area (Å²) in [6.07, 6.45) is 0. The van der Waals surface area contributed by atoms with Gasteiger partial charge in [0.15, 0.2) is 0 Å². The first kappa shape index (κ1) is 10.1. The van der Waals surface area contributed by atoms with Crippen LogP contribution in [0.2, 0.25) is 0 Å². The molecule has 5 heteroatoms. The van der Waals surface area contributed by atoms with Gasteiger partial charge >= 0.3 is 5.97 Å². The Bertz CT molecular complexity index is 588. The highest BCUT2D eigenvalue weighted by Gasteiger charge is 2.17. The maximum atomic E-state index is 10.9. The van der Waals surface area contributed by atoms with Gasteiger partial charge in [0.05, 0.1) is 0 Å². The number of phenolic OH excluding ortho intramolecular Hbond substituents is 2. The number of fused-ring (bicyclic) bond motifs is 1. The molecule has 0 fully saturated rings. The van der Waals surface area contributed by atoms with Crippen LogP contribution in [0.1, 0.15) is 10.4 Å². The topological polar surface area (TPSA) is 98.0 Å². The molecule has 2 aromatic carbocycles. The number of phenols is 3. The molecule has 0 bridgehead atoms. The minimum absolute atomic E-state index is 0.0880. The van der Waals surface area contributed by atoms with Gasteiger partial charge in [-0.05, 0) is 18.2 Å². The van der Waals surface area contributed by atoms with E-state index in [1.54, 1.807) is 0 Å². The van der Waals surface area contributed by atoms with Crippen LogP contribution in [0.25, 0.3) is 10.8 Å². The van der Waals surface area contributed by atoms with E-state index in [1.807, 2.05) is 0 Å². The Kier molecular flexibility index (Phi) is 2.09. The SMILES string of the molecule is O=C(O)c1c(O)cc(O)c2ccc(O)cc12. The molecule has 16 heavy (non-hydrogen) atoms. The van der Waals surface area contributed by atoms with Gasteiger partial charge in [0.1, 0.15) is 22.8 Å². The van der Waals surface area contributed by atoms with Gasteiger partial charge in [-0.3, -0.25) is 0 Å². The lowest BCUT2D eigenvalue weighted by atomic mass is 10.0. The van der Waals surface area contributed by atoms with Crippen molar-refractivity contribution in [3.8, 4) is 17.2 Å². The molecule has 0 unspecified atom stereocenters. The highest BCUT2D eigenvalue weighted by atomic mass is 16.4. The maximum Gasteiger partial charge on any atom is 0.340 e. The molecule has 4 N–H and O–H groups in total. The van der Waals surface area contributed by atoms with Gasteiger partial charge in [-0.2, -0.15) is 0 Å². The molecule has 2 aromatic rings. The van der Waals surface area contributed by atoms with Crippen molar-refractivity contribution in [2.45, 2.75) is 0 Å². The molecule has 5 nitrogen and oxygen atoms in total. The molecular weight excluding hydrogens is 212 g/mol. The molecule has 0 saturated heterocycles. The lowest BCUT2D eigenvalue weighted by Gasteiger charge is -2.07. The second-order valence-electron chi connectivity index (χ2n) is 3.32. The Hall–Kier alpha value is -2.43. The summed E-state index contributed by atoms with van der Waals surface area (Å²) in [5, 5.41) is 37.5. The molecule has 82 valence electrons. The van der Waals surface area contributed by atoms with Crippen LogP contribution >= 0.6 is 0 Å². The van der Waals surface area contributed by atoms with Crippen LogP contribution in [-0.4, -0.2) is 26.4 Å². The highest BCUT2D eigenvalue weighted by molar-refractivity contribution is 6.08. The Morgan fingerprint density at radius 2 is 1.62 bits per heavy atom. The fraction of sp³-hybridized carbons (Fsp3) is 0. The van der Waals surface area contributed by atoms with Crippen molar-refractivity contribution in [3.63, 3.8) is 0 Å². The lowest BCUT2D eigenvalue weighted by Crippen LogP contribution is -1.98. The zero-order valence-electron chi connectivity index (χ0n) is 8.01. The molecule has 2 rings (SSSR count). The van der Waals surface area contributed by atoms with Crippen LogP contribution in [0.15, 0.2) is 24.3 Å². The third-order valence-corrected chi connectivity index (χ3v) is 2.29. The van der Waals surface area contributed by atoms with E-state index in [0.717, 1.165) is 6.07 Å². The van der Waals surface area contributed by atoms with Crippen LogP contribution in [-0.2, 0) is 0 Å². The second-order valence-corrected chi connectivity index (χ2v) is 3.32.